The summed E-state index contributed by atoms with van der Waals surface area (Å²) in [5.74, 6) is 1.85. The Morgan fingerprint density at radius 3 is 0.797 bits per heavy atom. The molecule has 0 N–H and O–H groups in total. The van der Waals surface area contributed by atoms with Crippen molar-refractivity contribution in [3.63, 3.8) is 0 Å². The summed E-state index contributed by atoms with van der Waals surface area (Å²) in [6, 6.07) is 34.5. The van der Waals surface area contributed by atoms with Gasteiger partial charge in [0.2, 0.25) is 0 Å². The van der Waals surface area contributed by atoms with E-state index >= 15 is 0 Å². The van der Waals surface area contributed by atoms with Crippen molar-refractivity contribution in [2.45, 2.75) is 263 Å². The minimum absolute atomic E-state index is 0.251. The predicted octanol–water partition coefficient (Wildman–Crippen LogP) is 23.3. The highest BCUT2D eigenvalue weighted by molar-refractivity contribution is 7.27. The number of benzene rings is 6. The topological polar surface area (TPSA) is 18.5 Å². The van der Waals surface area contributed by atoms with Crippen molar-refractivity contribution in [2.75, 3.05) is 0 Å². The van der Waals surface area contributed by atoms with Crippen molar-refractivity contribution in [3.8, 4) is 56.0 Å². The largest absolute Gasteiger partial charge is 0.440 e. The minimum Gasteiger partial charge on any atom is -0.440 e. The SMILES string of the molecule is CCCCc1cc(CCC)c(CCC)c(-c2cccc(OPOc3cccc(-c4cc(CCCC)cc(CCC)c4CCC)c3-c3cc(CCCC)cc(CCC)c3CCC)c2-c2cc(CCCC)cc(CCC)c2CCC)c1. The molecule has 0 spiro atoms. The molecule has 0 aliphatic carbocycles. The van der Waals surface area contributed by atoms with Crippen LogP contribution in [-0.2, 0) is 77.0 Å². The lowest BCUT2D eigenvalue weighted by molar-refractivity contribution is 0.518. The third-order valence-corrected chi connectivity index (χ3v) is 17.0. The van der Waals surface area contributed by atoms with E-state index in [0.717, 1.165) is 140 Å². The number of hydrogen-bond donors (Lipinski definition) is 0. The van der Waals surface area contributed by atoms with Crippen LogP contribution in [0.5, 0.6) is 11.5 Å². The molecule has 0 fully saturated rings. The highest BCUT2D eigenvalue weighted by atomic mass is 31.1. The molecule has 428 valence electrons. The number of rotatable bonds is 36. The Hall–Kier alpha value is -4.65. The van der Waals surface area contributed by atoms with E-state index in [1.165, 1.54) is 163 Å². The second kappa shape index (κ2) is 33.9. The molecule has 79 heavy (non-hydrogen) atoms. The van der Waals surface area contributed by atoms with E-state index in [4.69, 9.17) is 9.05 Å². The Bertz CT molecular complexity index is 2620. The van der Waals surface area contributed by atoms with E-state index in [1.807, 2.05) is 0 Å². The Morgan fingerprint density at radius 2 is 0.532 bits per heavy atom. The molecule has 2 nitrogen and oxygen atoms in total. The van der Waals surface area contributed by atoms with E-state index in [0.29, 0.717) is 0 Å². The van der Waals surface area contributed by atoms with Gasteiger partial charge < -0.3 is 9.05 Å². The minimum atomic E-state index is -0.251. The summed E-state index contributed by atoms with van der Waals surface area (Å²) in [5, 5.41) is 0. The second-order valence-corrected chi connectivity index (χ2v) is 23.8. The fourth-order valence-electron chi connectivity index (χ4n) is 12.7. The van der Waals surface area contributed by atoms with Crippen LogP contribution in [0.4, 0.5) is 0 Å². The normalized spacial score (nSPS) is 11.5. The summed E-state index contributed by atoms with van der Waals surface area (Å²) in [7, 11) is -0.251. The number of hydrogen-bond acceptors (Lipinski definition) is 2. The molecular weight excluding hydrogens is 976 g/mol. The molecule has 0 saturated carbocycles. The van der Waals surface area contributed by atoms with Crippen molar-refractivity contribution in [1.29, 1.82) is 0 Å². The highest BCUT2D eigenvalue weighted by Gasteiger charge is 2.26. The standard InChI is InChI=1S/C76H107O2P/c1-13-25-39-55-47-59(31-17-5)63(35-21-9)69(51-55)67-43-29-45-73(75(67)71-53-57(41-27-15-3)49-61(33-19-7)65(71)37-23-11)77-79-78-74-46-30-44-68(70-52-56(40-26-14-2)48-60(32-18-6)64(70)36-22-10)76(74)72-54-58(42-28-16-4)50-62(34-20-8)66(72)38-24-12/h29-30,43-54,79H,13-28,31-42H2,1-12H3. The maximum Gasteiger partial charge on any atom is 0.275 e. The van der Waals surface area contributed by atoms with Gasteiger partial charge in [-0.2, -0.15) is 0 Å². The second-order valence-electron chi connectivity index (χ2n) is 23.2. The molecule has 0 saturated heterocycles. The van der Waals surface area contributed by atoms with Gasteiger partial charge >= 0.3 is 0 Å². The first-order chi connectivity index (χ1) is 38.7. The van der Waals surface area contributed by atoms with Gasteiger partial charge in [-0.25, -0.2) is 0 Å². The fourth-order valence-corrected chi connectivity index (χ4v) is 13.3. The van der Waals surface area contributed by atoms with Crippen LogP contribution < -0.4 is 9.05 Å². The molecule has 6 aromatic carbocycles. The van der Waals surface area contributed by atoms with Gasteiger partial charge in [-0.05, 0) is 215 Å². The van der Waals surface area contributed by atoms with E-state index in [9.17, 15) is 0 Å². The quantitative estimate of drug-likeness (QED) is 0.0365. The lowest BCUT2D eigenvalue weighted by atomic mass is 9.81. The molecular formula is C76H107O2P. The summed E-state index contributed by atoms with van der Waals surface area (Å²) in [6.45, 7) is 28.1. The van der Waals surface area contributed by atoms with Crippen LogP contribution in [-0.4, -0.2) is 0 Å². The van der Waals surface area contributed by atoms with E-state index in [1.54, 1.807) is 0 Å². The zero-order valence-electron chi connectivity index (χ0n) is 52.2. The molecule has 0 bridgehead atoms. The number of unbranched alkanes of at least 4 members (excludes halogenated alkanes) is 4. The van der Waals surface area contributed by atoms with Crippen molar-refractivity contribution in [2.24, 2.45) is 0 Å². The Labute approximate surface area is 486 Å². The molecule has 0 aliphatic rings. The maximum atomic E-state index is 7.42. The maximum absolute atomic E-state index is 7.42. The van der Waals surface area contributed by atoms with Gasteiger partial charge in [-0.1, -0.05) is 233 Å². The first-order valence-corrected chi connectivity index (χ1v) is 33.5. The first kappa shape index (κ1) is 63.5. The van der Waals surface area contributed by atoms with Crippen LogP contribution in [0.3, 0.4) is 0 Å². The van der Waals surface area contributed by atoms with Crippen LogP contribution in [0, 0.1) is 0 Å². The van der Waals surface area contributed by atoms with Crippen LogP contribution in [0.1, 0.15) is 253 Å². The van der Waals surface area contributed by atoms with Gasteiger partial charge in [0.05, 0.1) is 0 Å². The summed E-state index contributed by atoms with van der Waals surface area (Å²) in [6.07, 6.45) is 31.4. The van der Waals surface area contributed by atoms with Crippen LogP contribution in [0.15, 0.2) is 84.9 Å². The van der Waals surface area contributed by atoms with Gasteiger partial charge in [0, 0.05) is 11.1 Å². The lowest BCUT2D eigenvalue weighted by Crippen LogP contribution is -2.05. The fraction of sp³-hybridized carbons (Fsp3) is 0.526. The Kier molecular flexibility index (Phi) is 27.3. The van der Waals surface area contributed by atoms with E-state index in [-0.39, 0.29) is 9.03 Å². The third-order valence-electron chi connectivity index (χ3n) is 16.4. The summed E-state index contributed by atoms with van der Waals surface area (Å²) in [4.78, 5) is 0. The van der Waals surface area contributed by atoms with Crippen molar-refractivity contribution in [3.05, 3.63) is 152 Å². The molecule has 0 unspecified atom stereocenters. The third kappa shape index (κ3) is 16.7. The van der Waals surface area contributed by atoms with Gasteiger partial charge in [0.1, 0.15) is 11.5 Å². The molecule has 0 amide bonds. The first-order valence-electron chi connectivity index (χ1n) is 32.7. The van der Waals surface area contributed by atoms with Gasteiger partial charge in [-0.15, -0.1) is 0 Å². The molecule has 3 heteroatoms. The van der Waals surface area contributed by atoms with E-state index in [2.05, 4.69) is 168 Å². The lowest BCUT2D eigenvalue weighted by Gasteiger charge is -2.25. The molecule has 0 atom stereocenters. The molecule has 6 rings (SSSR count). The molecule has 0 aromatic heterocycles. The predicted molar refractivity (Wildman–Crippen MR) is 351 cm³/mol. The Balaban J connectivity index is 1.67. The molecule has 0 aliphatic heterocycles. The highest BCUT2D eigenvalue weighted by Crippen LogP contribution is 2.49. The number of aryl methyl sites for hydroxylation is 8. The molecule has 0 radical (unpaired) electrons. The Morgan fingerprint density at radius 1 is 0.266 bits per heavy atom. The summed E-state index contributed by atoms with van der Waals surface area (Å²) >= 11 is 0. The van der Waals surface area contributed by atoms with Gasteiger partial charge in [0.15, 0.2) is 0 Å². The zero-order valence-corrected chi connectivity index (χ0v) is 53.2. The van der Waals surface area contributed by atoms with Crippen LogP contribution >= 0.6 is 9.03 Å². The van der Waals surface area contributed by atoms with E-state index < -0.39 is 0 Å². The van der Waals surface area contributed by atoms with Crippen molar-refractivity contribution >= 4 is 9.03 Å². The summed E-state index contributed by atoms with van der Waals surface area (Å²) < 4.78 is 14.8. The average Bonchev–Trinajstić information content (AvgIpc) is 3.50. The van der Waals surface area contributed by atoms with Crippen molar-refractivity contribution in [1.82, 2.24) is 0 Å². The smallest absolute Gasteiger partial charge is 0.275 e. The van der Waals surface area contributed by atoms with Crippen molar-refractivity contribution < 1.29 is 9.05 Å². The van der Waals surface area contributed by atoms with Gasteiger partial charge in [-0.3, -0.25) is 0 Å². The average molecular weight is 1080 g/mol. The van der Waals surface area contributed by atoms with Crippen LogP contribution in [0.25, 0.3) is 44.5 Å². The molecule has 0 heterocycles. The summed E-state index contributed by atoms with van der Waals surface area (Å²) in [5.41, 5.74) is 28.6. The molecule has 6 aromatic rings. The van der Waals surface area contributed by atoms with Crippen LogP contribution in [0.2, 0.25) is 0 Å². The monoisotopic (exact) mass is 1080 g/mol. The van der Waals surface area contributed by atoms with Gasteiger partial charge in [0.25, 0.3) is 9.03 Å². The zero-order chi connectivity index (χ0) is 56.5.